The maximum atomic E-state index is 9.10. The fourth-order valence-corrected chi connectivity index (χ4v) is 0. The molecule has 0 aliphatic heterocycles. The van der Waals surface area contributed by atoms with Crippen LogP contribution in [-0.4, -0.2) is 4.27 Å². The zero-order chi connectivity index (χ0) is 3.41. The molecule has 0 amide bonds. The molecule has 0 heterocycles. The molecule has 3 heteroatoms. The van der Waals surface area contributed by atoms with E-state index in [0.717, 1.165) is 0 Å². The van der Waals surface area contributed by atoms with Crippen LogP contribution in [-0.2, 0) is 19.2 Å². The van der Waals surface area contributed by atoms with Crippen LogP contribution >= 0.6 is 19.4 Å². The van der Waals surface area contributed by atoms with E-state index in [2.05, 4.69) is 19.4 Å². The van der Waals surface area contributed by atoms with Crippen LogP contribution in [0.15, 0.2) is 0 Å². The van der Waals surface area contributed by atoms with Gasteiger partial charge in [0.15, 0.2) is 0 Å². The number of halogens is 1. The molecule has 0 saturated carbocycles. The first-order chi connectivity index (χ1) is 1.91. The standard InChI is InChI=1S/CO.HI.Mo/c1-2;;/h;1H;/q;;+1/p-1. The number of hydrogen-bond donors (Lipinski definition) is 0. The Hall–Kier alpha value is 0.998. The Morgan fingerprint density at radius 3 is 2.25 bits per heavy atom. The first-order valence-corrected chi connectivity index (χ1v) is 7.54. The van der Waals surface area contributed by atoms with Gasteiger partial charge < -0.3 is 0 Å². The normalized spacial score (nSPS) is 4.25. The summed E-state index contributed by atoms with van der Waals surface area (Å²) < 4.78 is 1.80. The molecule has 4 heavy (non-hydrogen) atoms. The van der Waals surface area contributed by atoms with Gasteiger partial charge in [-0.05, 0) is 0 Å². The van der Waals surface area contributed by atoms with Gasteiger partial charge in [0.25, 0.3) is 0 Å². The summed E-state index contributed by atoms with van der Waals surface area (Å²) in [5, 5.41) is 0. The summed E-state index contributed by atoms with van der Waals surface area (Å²) in [6, 6.07) is 0. The van der Waals surface area contributed by atoms with Crippen LogP contribution in [0.4, 0.5) is 0 Å². The SMILES string of the molecule is O=[C]=[Mo][I]. The summed E-state index contributed by atoms with van der Waals surface area (Å²) in [6.07, 6.45) is 0. The van der Waals surface area contributed by atoms with Crippen molar-refractivity contribution >= 4 is 23.6 Å². The van der Waals surface area contributed by atoms with Gasteiger partial charge in [0.1, 0.15) is 0 Å². The molecule has 1 nitrogen and oxygen atoms in total. The monoisotopic (exact) mass is 253 g/mol. The summed E-state index contributed by atoms with van der Waals surface area (Å²) >= 11 is 1.70. The van der Waals surface area contributed by atoms with Crippen LogP contribution in [0.2, 0.25) is 0 Å². The fraction of sp³-hybridized carbons (Fsp3) is 0. The van der Waals surface area contributed by atoms with E-state index in [9.17, 15) is 0 Å². The molecular formula is CIMoO. The predicted octanol–water partition coefficient (Wildman–Crippen LogP) is 0.486. The van der Waals surface area contributed by atoms with Gasteiger partial charge in [0.05, 0.1) is 0 Å². The summed E-state index contributed by atoms with van der Waals surface area (Å²) in [5.41, 5.74) is 0. The second-order valence-corrected chi connectivity index (χ2v) is 3.55. The van der Waals surface area contributed by atoms with Crippen LogP contribution in [0, 0.1) is 0 Å². The summed E-state index contributed by atoms with van der Waals surface area (Å²) in [7, 11) is 0. The summed E-state index contributed by atoms with van der Waals surface area (Å²) in [4.78, 5) is 9.10. The minimum absolute atomic E-state index is 0.354. The molecule has 0 spiro atoms. The van der Waals surface area contributed by atoms with Gasteiger partial charge in [-0.1, -0.05) is 0 Å². The second kappa shape index (κ2) is 4.00. The van der Waals surface area contributed by atoms with E-state index in [1.54, 1.807) is 4.27 Å². The Labute approximate surface area is 42.6 Å². The molecule has 0 saturated heterocycles. The zero-order valence-electron chi connectivity index (χ0n) is 1.69. The average Bonchev–Trinajstić information content (AvgIpc) is 1.37. The molecule has 0 aliphatic rings. The first-order valence-electron chi connectivity index (χ1n) is 0.563. The van der Waals surface area contributed by atoms with Crippen molar-refractivity contribution in [1.29, 1.82) is 0 Å². The Bertz CT molecular complexity index is 46.0. The van der Waals surface area contributed by atoms with Crippen molar-refractivity contribution in [1.82, 2.24) is 0 Å². The maximum absolute atomic E-state index is 9.10. The molecule has 0 atom stereocenters. The third-order valence-corrected chi connectivity index (χ3v) is 1.25. The topological polar surface area (TPSA) is 17.1 Å². The van der Waals surface area contributed by atoms with Crippen LogP contribution in [0.3, 0.4) is 0 Å². The van der Waals surface area contributed by atoms with E-state index in [-0.39, 0.29) is 14.4 Å². The third kappa shape index (κ3) is 3.00. The summed E-state index contributed by atoms with van der Waals surface area (Å²) in [6.45, 7) is 0. The molecule has 0 bridgehead atoms. The molecule has 0 aliphatic carbocycles. The number of carbonyl (C=O) groups excluding carboxylic acids is 1. The molecule has 23 valence electrons. The molecular weight excluding hydrogens is 251 g/mol. The van der Waals surface area contributed by atoms with Gasteiger partial charge in [0.2, 0.25) is 0 Å². The molecule has 0 fully saturated rings. The minimum atomic E-state index is -0.354. The molecule has 0 unspecified atom stereocenters. The van der Waals surface area contributed by atoms with Crippen molar-refractivity contribution in [2.24, 2.45) is 0 Å². The van der Waals surface area contributed by atoms with E-state index in [1.165, 1.54) is 0 Å². The molecule has 0 N–H and O–H groups in total. The average molecular weight is 251 g/mol. The molecule has 0 aromatic carbocycles. The van der Waals surface area contributed by atoms with Crippen LogP contribution in [0.5, 0.6) is 0 Å². The molecule has 0 aromatic rings. The van der Waals surface area contributed by atoms with Crippen LogP contribution in [0.1, 0.15) is 0 Å². The van der Waals surface area contributed by atoms with E-state index < -0.39 is 0 Å². The van der Waals surface area contributed by atoms with Gasteiger partial charge in [0, 0.05) is 0 Å². The van der Waals surface area contributed by atoms with Crippen molar-refractivity contribution in [3.8, 4) is 0 Å². The van der Waals surface area contributed by atoms with Gasteiger partial charge in [-0.3, -0.25) is 0 Å². The Kier molecular flexibility index (Phi) is 5.00. The van der Waals surface area contributed by atoms with Crippen molar-refractivity contribution in [3.05, 3.63) is 0 Å². The second-order valence-electron chi connectivity index (χ2n) is 0.160. The first kappa shape index (κ1) is 5.00. The molecule has 0 radical (unpaired) electrons. The third-order valence-electron chi connectivity index (χ3n) is 0.0315. The van der Waals surface area contributed by atoms with Crippen molar-refractivity contribution in [2.45, 2.75) is 0 Å². The van der Waals surface area contributed by atoms with E-state index >= 15 is 0 Å². The number of hydrogen-bond acceptors (Lipinski definition) is 1. The van der Waals surface area contributed by atoms with Gasteiger partial charge >= 0.3 is 42.8 Å². The fourth-order valence-electron chi connectivity index (χ4n) is 0. The quantitative estimate of drug-likeness (QED) is 0.452. The van der Waals surface area contributed by atoms with Gasteiger partial charge in [-0.25, -0.2) is 0 Å². The van der Waals surface area contributed by atoms with Gasteiger partial charge in [-0.2, -0.15) is 0 Å². The van der Waals surface area contributed by atoms with Crippen molar-refractivity contribution in [3.63, 3.8) is 0 Å². The van der Waals surface area contributed by atoms with Crippen LogP contribution < -0.4 is 0 Å². The molecule has 0 rings (SSSR count). The van der Waals surface area contributed by atoms with Crippen molar-refractivity contribution < 1.29 is 19.2 Å². The van der Waals surface area contributed by atoms with E-state index in [0.29, 0.717) is 0 Å². The van der Waals surface area contributed by atoms with Crippen LogP contribution in [0.25, 0.3) is 0 Å². The molecule has 0 aromatic heterocycles. The Morgan fingerprint density at radius 2 is 2.25 bits per heavy atom. The van der Waals surface area contributed by atoms with E-state index in [4.69, 9.17) is 4.79 Å². The van der Waals surface area contributed by atoms with Gasteiger partial charge in [-0.15, -0.1) is 0 Å². The Morgan fingerprint density at radius 1 is 2.00 bits per heavy atom. The Balaban J connectivity index is 3.11. The van der Waals surface area contributed by atoms with E-state index in [1.807, 2.05) is 0 Å². The zero-order valence-corrected chi connectivity index (χ0v) is 5.86. The summed E-state index contributed by atoms with van der Waals surface area (Å²) in [5.74, 6) is 0. The number of rotatable bonds is 0. The van der Waals surface area contributed by atoms with Crippen molar-refractivity contribution in [2.75, 3.05) is 0 Å². The predicted molar refractivity (Wildman–Crippen MR) is 19.7 cm³/mol.